The van der Waals surface area contributed by atoms with Gasteiger partial charge in [0.05, 0.1) is 6.07 Å². The molecule has 0 spiro atoms. The molecule has 0 heterocycles. The minimum atomic E-state index is -0.517. The second kappa shape index (κ2) is 6.76. The normalized spacial score (nSPS) is 17.2. The van der Waals surface area contributed by atoms with Crippen LogP contribution in [0.4, 0.5) is 0 Å². The predicted molar refractivity (Wildman–Crippen MR) is 80.7 cm³/mol. The molecular weight excluding hydrogens is 248 g/mol. The molecule has 1 unspecified atom stereocenters. The van der Waals surface area contributed by atoms with Gasteiger partial charge in [0.15, 0.2) is 0 Å². The fourth-order valence-electron chi connectivity index (χ4n) is 2.61. The molecule has 0 amide bonds. The summed E-state index contributed by atoms with van der Waals surface area (Å²) < 4.78 is 5.86. The highest BCUT2D eigenvalue weighted by Crippen LogP contribution is 2.39. The van der Waals surface area contributed by atoms with Crippen molar-refractivity contribution in [1.29, 1.82) is 5.26 Å². The SMILES string of the molecule is CCCc1ccc(OCC(C#N)(NCC)C2CC2)cc1. The first-order valence-corrected chi connectivity index (χ1v) is 7.62. The highest BCUT2D eigenvalue weighted by Gasteiger charge is 2.46. The standard InChI is InChI=1S/C17H24N2O/c1-3-5-14-6-10-16(11-7-14)20-13-17(12-18,19-4-2)15-8-9-15/h6-7,10-11,15,19H,3-5,8-9,13H2,1-2H3. The topological polar surface area (TPSA) is 45.0 Å². The summed E-state index contributed by atoms with van der Waals surface area (Å²) in [5, 5.41) is 12.8. The van der Waals surface area contributed by atoms with Gasteiger partial charge in [-0.15, -0.1) is 0 Å². The number of benzene rings is 1. The van der Waals surface area contributed by atoms with Crippen LogP contribution in [-0.2, 0) is 6.42 Å². The zero-order chi connectivity index (χ0) is 14.4. The largest absolute Gasteiger partial charge is 0.491 e. The van der Waals surface area contributed by atoms with Gasteiger partial charge in [0.25, 0.3) is 0 Å². The molecule has 3 nitrogen and oxygen atoms in total. The van der Waals surface area contributed by atoms with Gasteiger partial charge in [-0.3, -0.25) is 5.32 Å². The Morgan fingerprint density at radius 1 is 1.30 bits per heavy atom. The van der Waals surface area contributed by atoms with Crippen LogP contribution in [0.3, 0.4) is 0 Å². The number of rotatable bonds is 8. The summed E-state index contributed by atoms with van der Waals surface area (Å²) in [6.07, 6.45) is 4.50. The Morgan fingerprint density at radius 2 is 2.00 bits per heavy atom. The molecule has 1 N–H and O–H groups in total. The Labute approximate surface area is 121 Å². The van der Waals surface area contributed by atoms with Gasteiger partial charge in [-0.25, -0.2) is 0 Å². The molecule has 108 valence electrons. The van der Waals surface area contributed by atoms with Crippen molar-refractivity contribution in [3.63, 3.8) is 0 Å². The van der Waals surface area contributed by atoms with Gasteiger partial charge < -0.3 is 4.74 Å². The Hall–Kier alpha value is -1.53. The molecule has 1 aliphatic rings. The lowest BCUT2D eigenvalue weighted by atomic mass is 9.96. The quantitative estimate of drug-likeness (QED) is 0.789. The molecule has 1 atom stereocenters. The molecular formula is C17H24N2O. The molecule has 0 aromatic heterocycles. The predicted octanol–water partition coefficient (Wildman–Crippen LogP) is 3.30. The smallest absolute Gasteiger partial charge is 0.143 e. The van der Waals surface area contributed by atoms with Crippen molar-refractivity contribution >= 4 is 0 Å². The van der Waals surface area contributed by atoms with Crippen molar-refractivity contribution in [2.75, 3.05) is 13.2 Å². The molecule has 1 aromatic rings. The zero-order valence-corrected chi connectivity index (χ0v) is 12.5. The highest BCUT2D eigenvalue weighted by atomic mass is 16.5. The van der Waals surface area contributed by atoms with E-state index in [2.05, 4.69) is 30.4 Å². The lowest BCUT2D eigenvalue weighted by Crippen LogP contribution is -2.50. The number of aryl methyl sites for hydroxylation is 1. The lowest BCUT2D eigenvalue weighted by Gasteiger charge is -2.27. The van der Waals surface area contributed by atoms with Gasteiger partial charge in [0, 0.05) is 0 Å². The number of ether oxygens (including phenoxy) is 1. The van der Waals surface area contributed by atoms with E-state index < -0.39 is 5.54 Å². The molecule has 1 aliphatic carbocycles. The molecule has 20 heavy (non-hydrogen) atoms. The van der Waals surface area contributed by atoms with E-state index >= 15 is 0 Å². The second-order valence-electron chi connectivity index (χ2n) is 5.57. The molecule has 0 radical (unpaired) electrons. The molecule has 0 bridgehead atoms. The van der Waals surface area contributed by atoms with Crippen LogP contribution >= 0.6 is 0 Å². The van der Waals surface area contributed by atoms with Crippen LogP contribution in [0, 0.1) is 17.2 Å². The average Bonchev–Trinajstić information content (AvgIpc) is 3.30. The first kappa shape index (κ1) is 14.9. The van der Waals surface area contributed by atoms with E-state index in [0.717, 1.165) is 38.0 Å². The fraction of sp³-hybridized carbons (Fsp3) is 0.588. The monoisotopic (exact) mass is 272 g/mol. The maximum absolute atomic E-state index is 9.52. The van der Waals surface area contributed by atoms with Crippen LogP contribution < -0.4 is 10.1 Å². The van der Waals surface area contributed by atoms with Gasteiger partial charge in [0.1, 0.15) is 17.9 Å². The van der Waals surface area contributed by atoms with Crippen LogP contribution in [0.25, 0.3) is 0 Å². The molecule has 0 aliphatic heterocycles. The van der Waals surface area contributed by atoms with Gasteiger partial charge in [-0.2, -0.15) is 5.26 Å². The summed E-state index contributed by atoms with van der Waals surface area (Å²) in [6, 6.07) is 10.7. The van der Waals surface area contributed by atoms with Crippen molar-refractivity contribution in [3.05, 3.63) is 29.8 Å². The summed E-state index contributed by atoms with van der Waals surface area (Å²) in [4.78, 5) is 0. The van der Waals surface area contributed by atoms with Crippen LogP contribution in [0.15, 0.2) is 24.3 Å². The van der Waals surface area contributed by atoms with E-state index in [9.17, 15) is 5.26 Å². The number of hydrogen-bond acceptors (Lipinski definition) is 3. The van der Waals surface area contributed by atoms with E-state index in [4.69, 9.17) is 4.74 Å². The first-order valence-electron chi connectivity index (χ1n) is 7.62. The summed E-state index contributed by atoms with van der Waals surface area (Å²) in [5.41, 5.74) is 0.817. The number of nitrogens with one attached hydrogen (secondary N) is 1. The summed E-state index contributed by atoms with van der Waals surface area (Å²) in [7, 11) is 0. The van der Waals surface area contributed by atoms with Gasteiger partial charge >= 0.3 is 0 Å². The Bertz CT molecular complexity index is 459. The molecule has 1 saturated carbocycles. The fourth-order valence-corrected chi connectivity index (χ4v) is 2.61. The Kier molecular flexibility index (Phi) is 5.03. The van der Waals surface area contributed by atoms with E-state index in [0.29, 0.717) is 12.5 Å². The van der Waals surface area contributed by atoms with Crippen molar-refractivity contribution < 1.29 is 4.74 Å². The van der Waals surface area contributed by atoms with Crippen LogP contribution in [0.1, 0.15) is 38.7 Å². The summed E-state index contributed by atoms with van der Waals surface area (Å²) >= 11 is 0. The number of nitriles is 1. The Morgan fingerprint density at radius 3 is 2.50 bits per heavy atom. The second-order valence-corrected chi connectivity index (χ2v) is 5.57. The third kappa shape index (κ3) is 3.52. The minimum Gasteiger partial charge on any atom is -0.491 e. The van der Waals surface area contributed by atoms with Crippen molar-refractivity contribution in [2.24, 2.45) is 5.92 Å². The van der Waals surface area contributed by atoms with E-state index in [1.165, 1.54) is 5.56 Å². The molecule has 3 heteroatoms. The van der Waals surface area contributed by atoms with Gasteiger partial charge in [-0.1, -0.05) is 32.4 Å². The van der Waals surface area contributed by atoms with Crippen LogP contribution in [0.2, 0.25) is 0 Å². The van der Waals surface area contributed by atoms with E-state index in [1.54, 1.807) is 0 Å². The summed E-state index contributed by atoms with van der Waals surface area (Å²) in [6.45, 7) is 5.43. The lowest BCUT2D eigenvalue weighted by molar-refractivity contribution is 0.204. The number of hydrogen-bond donors (Lipinski definition) is 1. The third-order valence-electron chi connectivity index (χ3n) is 3.89. The molecule has 1 aromatic carbocycles. The first-order chi connectivity index (χ1) is 9.74. The third-order valence-corrected chi connectivity index (χ3v) is 3.89. The molecule has 2 rings (SSSR count). The van der Waals surface area contributed by atoms with Gasteiger partial charge in [0.2, 0.25) is 0 Å². The van der Waals surface area contributed by atoms with E-state index in [1.807, 2.05) is 19.1 Å². The van der Waals surface area contributed by atoms with E-state index in [-0.39, 0.29) is 0 Å². The van der Waals surface area contributed by atoms with Gasteiger partial charge in [-0.05, 0) is 49.4 Å². The Balaban J connectivity index is 1.97. The maximum atomic E-state index is 9.52. The summed E-state index contributed by atoms with van der Waals surface area (Å²) in [5.74, 6) is 1.29. The maximum Gasteiger partial charge on any atom is 0.143 e. The van der Waals surface area contributed by atoms with Crippen molar-refractivity contribution in [2.45, 2.75) is 45.1 Å². The average molecular weight is 272 g/mol. The van der Waals surface area contributed by atoms with Crippen molar-refractivity contribution in [1.82, 2.24) is 5.32 Å². The number of likely N-dealkylation sites (N-methyl/N-ethyl adjacent to an activating group) is 1. The molecule has 0 saturated heterocycles. The minimum absolute atomic E-state index is 0.426. The zero-order valence-electron chi connectivity index (χ0n) is 12.5. The molecule has 1 fully saturated rings. The number of nitrogens with zero attached hydrogens (tertiary/aromatic N) is 1. The highest BCUT2D eigenvalue weighted by molar-refractivity contribution is 5.28. The van der Waals surface area contributed by atoms with Crippen LogP contribution in [0.5, 0.6) is 5.75 Å². The van der Waals surface area contributed by atoms with Crippen LogP contribution in [-0.4, -0.2) is 18.7 Å². The van der Waals surface area contributed by atoms with Crippen molar-refractivity contribution in [3.8, 4) is 11.8 Å².